The molecule has 0 aliphatic carbocycles. The molecule has 0 saturated carbocycles. The van der Waals surface area contributed by atoms with Crippen molar-refractivity contribution >= 4 is 11.7 Å². The number of aryl methyl sites for hydroxylation is 1. The molecule has 1 unspecified atom stereocenters. The van der Waals surface area contributed by atoms with Gasteiger partial charge in [-0.25, -0.2) is 0 Å². The van der Waals surface area contributed by atoms with E-state index in [2.05, 4.69) is 0 Å². The van der Waals surface area contributed by atoms with Crippen LogP contribution in [0.2, 0.25) is 0 Å². The number of likely N-dealkylation sites (N-methyl/N-ethyl adjacent to an activating group) is 1. The molecule has 1 aromatic rings. The minimum absolute atomic E-state index is 0.000230. The van der Waals surface area contributed by atoms with Gasteiger partial charge < -0.3 is 4.90 Å². The average Bonchev–Trinajstić information content (AvgIpc) is 2.54. The Morgan fingerprint density at radius 2 is 1.46 bits per heavy atom. The van der Waals surface area contributed by atoms with Crippen LogP contribution >= 0.6 is 0 Å². The summed E-state index contributed by atoms with van der Waals surface area (Å²) in [6, 6.07) is 4.03. The highest BCUT2D eigenvalue weighted by Gasteiger charge is 2.77. The first-order valence-corrected chi connectivity index (χ1v) is 7.42. The highest BCUT2D eigenvalue weighted by Crippen LogP contribution is 2.47. The summed E-state index contributed by atoms with van der Waals surface area (Å²) in [6.45, 7) is 3.10. The molecule has 1 atom stereocenters. The fraction of sp³-hybridized carbons (Fsp3) is 0.500. The first kappa shape index (κ1) is 21.9. The van der Waals surface area contributed by atoms with Gasteiger partial charge in [0.2, 0.25) is 0 Å². The molecule has 0 radical (unpaired) electrons. The van der Waals surface area contributed by atoms with Gasteiger partial charge in [-0.2, -0.15) is 30.7 Å². The van der Waals surface area contributed by atoms with Crippen LogP contribution in [0.15, 0.2) is 24.3 Å². The zero-order valence-electron chi connectivity index (χ0n) is 14.0. The fourth-order valence-electron chi connectivity index (χ4n) is 2.19. The molecule has 0 spiro atoms. The van der Waals surface area contributed by atoms with Crippen LogP contribution in [0.5, 0.6) is 0 Å². The summed E-state index contributed by atoms with van der Waals surface area (Å²) in [5, 5.41) is 0. The predicted octanol–water partition coefficient (Wildman–Crippen LogP) is 4.25. The van der Waals surface area contributed by atoms with Gasteiger partial charge in [0, 0.05) is 12.1 Å². The number of rotatable bonds is 6. The second-order valence-corrected chi connectivity index (χ2v) is 5.64. The van der Waals surface area contributed by atoms with Crippen molar-refractivity contribution in [1.82, 2.24) is 4.90 Å². The predicted molar refractivity (Wildman–Crippen MR) is 78.3 cm³/mol. The second-order valence-electron chi connectivity index (χ2n) is 5.64. The van der Waals surface area contributed by atoms with E-state index < -0.39 is 42.3 Å². The maximum atomic E-state index is 13.6. The summed E-state index contributed by atoms with van der Waals surface area (Å²) in [4.78, 5) is 24.1. The fourth-order valence-corrected chi connectivity index (χ4v) is 2.19. The highest BCUT2D eigenvalue weighted by atomic mass is 19.4. The maximum Gasteiger partial charge on any atom is 0.460 e. The van der Waals surface area contributed by atoms with Crippen molar-refractivity contribution in [2.24, 2.45) is 0 Å². The first-order chi connectivity index (χ1) is 11.7. The molecule has 3 nitrogen and oxygen atoms in total. The quantitative estimate of drug-likeness (QED) is 0.541. The molecule has 0 aliphatic rings. The Kier molecular flexibility index (Phi) is 6.10. The second kappa shape index (κ2) is 7.24. The van der Waals surface area contributed by atoms with Crippen LogP contribution in [0.4, 0.5) is 30.7 Å². The molecule has 146 valence electrons. The van der Waals surface area contributed by atoms with Gasteiger partial charge in [-0.05, 0) is 20.8 Å². The number of hydrogen-bond acceptors (Lipinski definition) is 2. The van der Waals surface area contributed by atoms with Gasteiger partial charge >= 0.3 is 23.9 Å². The van der Waals surface area contributed by atoms with Crippen molar-refractivity contribution in [2.75, 3.05) is 6.54 Å². The summed E-state index contributed by atoms with van der Waals surface area (Å²) in [6.07, 6.45) is -6.63. The number of hydrogen-bond donors (Lipinski definition) is 0. The van der Waals surface area contributed by atoms with E-state index in [1.54, 1.807) is 6.92 Å². The first-order valence-electron chi connectivity index (χ1n) is 7.42. The van der Waals surface area contributed by atoms with E-state index in [1.807, 2.05) is 0 Å². The Morgan fingerprint density at radius 1 is 1.00 bits per heavy atom. The smallest absolute Gasteiger partial charge is 0.327 e. The molecule has 0 fully saturated rings. The number of benzene rings is 1. The van der Waals surface area contributed by atoms with E-state index >= 15 is 0 Å². The largest absolute Gasteiger partial charge is 0.460 e. The molecule has 0 saturated heterocycles. The lowest BCUT2D eigenvalue weighted by molar-refractivity contribution is -0.346. The van der Waals surface area contributed by atoms with Crippen LogP contribution in [0.25, 0.3) is 0 Å². The monoisotopic (exact) mass is 387 g/mol. The Balaban J connectivity index is 3.18. The van der Waals surface area contributed by atoms with Crippen molar-refractivity contribution in [3.05, 3.63) is 35.4 Å². The Labute approximate surface area is 144 Å². The van der Waals surface area contributed by atoms with E-state index in [9.17, 15) is 40.3 Å². The van der Waals surface area contributed by atoms with Crippen LogP contribution in [0.3, 0.4) is 0 Å². The van der Waals surface area contributed by atoms with Crippen LogP contribution in [0, 0.1) is 6.92 Å². The summed E-state index contributed by atoms with van der Waals surface area (Å²) >= 11 is 0. The van der Waals surface area contributed by atoms with Gasteiger partial charge in [-0.1, -0.05) is 29.8 Å². The summed E-state index contributed by atoms with van der Waals surface area (Å²) in [5.74, 6) is -16.3. The lowest BCUT2D eigenvalue weighted by Crippen LogP contribution is -2.62. The van der Waals surface area contributed by atoms with Crippen LogP contribution in [-0.4, -0.2) is 47.2 Å². The molecule has 0 bridgehead atoms. The molecule has 1 aromatic carbocycles. The SMILES string of the molecule is CCN(C(=O)C(F)(F)C(F)(F)C(F)(F)F)C(C)C(=O)c1ccc(C)cc1. The number of ketones is 1. The maximum absolute atomic E-state index is 13.6. The lowest BCUT2D eigenvalue weighted by atomic mass is 10.0. The third-order valence-corrected chi connectivity index (χ3v) is 3.80. The molecule has 0 N–H and O–H groups in total. The number of amides is 1. The number of nitrogens with zero attached hydrogens (tertiary/aromatic N) is 1. The number of carbonyl (C=O) groups excluding carboxylic acids is 2. The number of alkyl halides is 7. The van der Waals surface area contributed by atoms with E-state index in [4.69, 9.17) is 0 Å². The van der Waals surface area contributed by atoms with Crippen molar-refractivity contribution in [2.45, 2.75) is 44.8 Å². The number of Topliss-reactive ketones (excluding diaryl/α,β-unsaturated/α-hetero) is 1. The molecule has 10 heteroatoms. The molecule has 26 heavy (non-hydrogen) atoms. The van der Waals surface area contributed by atoms with E-state index in [0.717, 1.165) is 19.4 Å². The number of halogens is 7. The van der Waals surface area contributed by atoms with Crippen LogP contribution in [-0.2, 0) is 4.79 Å². The molecule has 0 aliphatic heterocycles. The van der Waals surface area contributed by atoms with Crippen molar-refractivity contribution < 1.29 is 40.3 Å². The van der Waals surface area contributed by atoms with Gasteiger partial charge in [0.15, 0.2) is 5.78 Å². The Hall–Kier alpha value is -2.13. The van der Waals surface area contributed by atoms with Crippen LogP contribution < -0.4 is 0 Å². The molecular weight excluding hydrogens is 371 g/mol. The van der Waals surface area contributed by atoms with Crippen LogP contribution in [0.1, 0.15) is 29.8 Å². The molecule has 1 amide bonds. The summed E-state index contributed by atoms with van der Waals surface area (Å²) in [5.41, 5.74) is 0.772. The van der Waals surface area contributed by atoms with Gasteiger partial charge in [0.25, 0.3) is 0 Å². The molecule has 0 aromatic heterocycles. The van der Waals surface area contributed by atoms with E-state index in [0.29, 0.717) is 0 Å². The van der Waals surface area contributed by atoms with Gasteiger partial charge in [-0.3, -0.25) is 9.59 Å². The zero-order valence-corrected chi connectivity index (χ0v) is 14.0. The molecule has 0 heterocycles. The Bertz CT molecular complexity index is 668. The third-order valence-electron chi connectivity index (χ3n) is 3.80. The minimum atomic E-state index is -6.63. The van der Waals surface area contributed by atoms with E-state index in [-0.39, 0.29) is 10.5 Å². The van der Waals surface area contributed by atoms with E-state index in [1.165, 1.54) is 24.3 Å². The topological polar surface area (TPSA) is 37.4 Å². The normalized spacial score (nSPS) is 14.1. The molecule has 1 rings (SSSR count). The Morgan fingerprint density at radius 3 is 1.85 bits per heavy atom. The summed E-state index contributed by atoms with van der Waals surface area (Å²) in [7, 11) is 0. The minimum Gasteiger partial charge on any atom is -0.327 e. The average molecular weight is 387 g/mol. The van der Waals surface area contributed by atoms with Crippen molar-refractivity contribution in [1.29, 1.82) is 0 Å². The third kappa shape index (κ3) is 3.83. The molecular formula is C16H16F7NO2. The lowest BCUT2D eigenvalue weighted by Gasteiger charge is -2.34. The zero-order chi connectivity index (χ0) is 20.5. The van der Waals surface area contributed by atoms with Gasteiger partial charge in [0.05, 0.1) is 6.04 Å². The van der Waals surface area contributed by atoms with Crippen molar-refractivity contribution in [3.63, 3.8) is 0 Å². The van der Waals surface area contributed by atoms with Gasteiger partial charge in [0.1, 0.15) is 0 Å². The summed E-state index contributed by atoms with van der Waals surface area (Å²) < 4.78 is 90.2. The standard InChI is InChI=1S/C16H16F7NO2/c1-4-24(10(3)12(25)11-7-5-9(2)6-8-11)13(26)14(17,18)15(19,20)16(21,22)23/h5-8,10H,4H2,1-3H3. The van der Waals surface area contributed by atoms with Gasteiger partial charge in [-0.15, -0.1) is 0 Å². The highest BCUT2D eigenvalue weighted by molar-refractivity contribution is 6.02. The van der Waals surface area contributed by atoms with Crippen molar-refractivity contribution in [3.8, 4) is 0 Å². The number of carbonyl (C=O) groups is 2.